The van der Waals surface area contributed by atoms with Gasteiger partial charge < -0.3 is 15.0 Å². The van der Waals surface area contributed by atoms with Crippen LogP contribution in [0.3, 0.4) is 0 Å². The number of carbonyl (C=O) groups excluding carboxylic acids is 3. The fourth-order valence-corrected chi connectivity index (χ4v) is 3.02. The van der Waals surface area contributed by atoms with Crippen LogP contribution in [0, 0.1) is 5.92 Å². The fourth-order valence-electron chi connectivity index (χ4n) is 3.02. The van der Waals surface area contributed by atoms with Gasteiger partial charge in [0.1, 0.15) is 5.60 Å². The molecule has 1 saturated heterocycles. The topological polar surface area (TPSA) is 91.0 Å². The maximum absolute atomic E-state index is 13.0. The van der Waals surface area contributed by atoms with Crippen LogP contribution in [0.2, 0.25) is 0 Å². The third kappa shape index (κ3) is 7.63. The first-order valence-electron chi connectivity index (χ1n) is 9.96. The number of hydrogen-bond acceptors (Lipinski definition) is 4. The van der Waals surface area contributed by atoms with Gasteiger partial charge in [-0.15, -0.1) is 0 Å². The van der Waals surface area contributed by atoms with E-state index in [4.69, 9.17) is 4.74 Å². The lowest BCUT2D eigenvalue weighted by molar-refractivity contribution is -0.114. The first kappa shape index (κ1) is 22.5. The maximum atomic E-state index is 13.0. The zero-order valence-corrected chi connectivity index (χ0v) is 17.9. The first-order chi connectivity index (χ1) is 13.5. The number of piperidine rings is 1. The van der Waals surface area contributed by atoms with Gasteiger partial charge in [0.05, 0.1) is 6.54 Å². The molecule has 2 N–H and O–H groups in total. The number of hydrogen-bond donors (Lipinski definition) is 2. The Balaban J connectivity index is 2.11. The van der Waals surface area contributed by atoms with Crippen molar-refractivity contribution in [2.75, 3.05) is 18.4 Å². The van der Waals surface area contributed by atoms with E-state index in [1.807, 2.05) is 0 Å². The average molecular weight is 405 g/mol. The number of likely N-dealkylation sites (tertiary alicyclic amines) is 1. The van der Waals surface area contributed by atoms with Crippen molar-refractivity contribution < 1.29 is 19.1 Å². The van der Waals surface area contributed by atoms with E-state index in [2.05, 4.69) is 17.7 Å². The van der Waals surface area contributed by atoms with Crippen LogP contribution in [0.1, 0.15) is 53.0 Å². The normalized spacial score (nSPS) is 14.9. The lowest BCUT2D eigenvalue weighted by atomic mass is 10.00. The Morgan fingerprint density at radius 1 is 1.14 bits per heavy atom. The van der Waals surface area contributed by atoms with Gasteiger partial charge in [0.15, 0.2) is 0 Å². The highest BCUT2D eigenvalue weighted by atomic mass is 16.6. The molecule has 0 bridgehead atoms. The molecule has 8 heteroatoms. The summed E-state index contributed by atoms with van der Waals surface area (Å²) in [6.07, 6.45) is 1.21. The van der Waals surface area contributed by atoms with Crippen molar-refractivity contribution in [2.45, 2.75) is 59.6 Å². The summed E-state index contributed by atoms with van der Waals surface area (Å²) in [7, 11) is 0. The van der Waals surface area contributed by atoms with Crippen molar-refractivity contribution in [2.24, 2.45) is 5.92 Å². The van der Waals surface area contributed by atoms with Gasteiger partial charge in [-0.05, 0) is 57.2 Å². The second-order valence-electron chi connectivity index (χ2n) is 8.53. The number of urea groups is 1. The van der Waals surface area contributed by atoms with Gasteiger partial charge in [-0.2, -0.15) is 0 Å². The molecule has 1 aromatic rings. The predicted molar refractivity (Wildman–Crippen MR) is 111 cm³/mol. The van der Waals surface area contributed by atoms with Crippen LogP contribution in [-0.4, -0.2) is 46.6 Å². The van der Waals surface area contributed by atoms with Gasteiger partial charge in [-0.25, -0.2) is 20.0 Å². The van der Waals surface area contributed by atoms with Crippen molar-refractivity contribution in [3.05, 3.63) is 29.8 Å². The number of amides is 4. The van der Waals surface area contributed by atoms with Gasteiger partial charge in [0.2, 0.25) is 5.91 Å². The van der Waals surface area contributed by atoms with Gasteiger partial charge in [-0.3, -0.25) is 4.79 Å². The number of ether oxygens (including phenoxy) is 1. The molecule has 0 aromatic heterocycles. The Kier molecular flexibility index (Phi) is 7.47. The van der Waals surface area contributed by atoms with Crippen LogP contribution < -0.4 is 10.7 Å². The van der Waals surface area contributed by atoms with E-state index in [0.717, 1.165) is 18.4 Å². The Bertz CT molecular complexity index is 719. The minimum Gasteiger partial charge on any atom is -0.443 e. The molecule has 0 aliphatic carbocycles. The molecule has 1 heterocycles. The molecule has 1 fully saturated rings. The lowest BCUT2D eigenvalue weighted by Gasteiger charge is -2.35. The highest BCUT2D eigenvalue weighted by molar-refractivity contribution is 5.88. The molecular formula is C21H32N4O4. The number of nitrogens with one attached hydrogen (secondary N) is 2. The molecule has 160 valence electrons. The molecule has 1 aromatic carbocycles. The summed E-state index contributed by atoms with van der Waals surface area (Å²) in [5.74, 6) is 0.438. The summed E-state index contributed by atoms with van der Waals surface area (Å²) in [6.45, 7) is 10.4. The van der Waals surface area contributed by atoms with E-state index in [1.165, 1.54) is 11.9 Å². The average Bonchev–Trinajstić information content (AvgIpc) is 2.61. The van der Waals surface area contributed by atoms with E-state index < -0.39 is 11.7 Å². The number of rotatable bonds is 3. The van der Waals surface area contributed by atoms with Gasteiger partial charge >= 0.3 is 12.1 Å². The molecule has 1 aliphatic heterocycles. The van der Waals surface area contributed by atoms with Crippen LogP contribution in [0.15, 0.2) is 24.3 Å². The zero-order valence-electron chi connectivity index (χ0n) is 17.9. The third-order valence-corrected chi connectivity index (χ3v) is 4.53. The number of anilines is 1. The van der Waals surface area contributed by atoms with Gasteiger partial charge in [0.25, 0.3) is 0 Å². The molecule has 8 nitrogen and oxygen atoms in total. The van der Waals surface area contributed by atoms with Crippen LogP contribution >= 0.6 is 0 Å². The van der Waals surface area contributed by atoms with Gasteiger partial charge in [0, 0.05) is 25.7 Å². The monoisotopic (exact) mass is 404 g/mol. The first-order valence-corrected chi connectivity index (χ1v) is 9.96. The van der Waals surface area contributed by atoms with E-state index in [1.54, 1.807) is 49.9 Å². The molecule has 0 spiro atoms. The van der Waals surface area contributed by atoms with Crippen LogP contribution in [0.4, 0.5) is 15.3 Å². The largest absolute Gasteiger partial charge is 0.443 e. The highest BCUT2D eigenvalue weighted by Crippen LogP contribution is 2.18. The molecular weight excluding hydrogens is 372 g/mol. The van der Waals surface area contributed by atoms with Crippen molar-refractivity contribution in [1.82, 2.24) is 15.3 Å². The van der Waals surface area contributed by atoms with Gasteiger partial charge in [-0.1, -0.05) is 19.1 Å². The van der Waals surface area contributed by atoms with Crippen LogP contribution in [-0.2, 0) is 16.1 Å². The SMILES string of the molecule is CC(=O)Nc1ccc(CN(NC(=O)OC(C)(C)C)C(=O)N2CCC(C)CC2)cc1. The molecule has 1 aliphatic rings. The molecule has 0 saturated carbocycles. The minimum absolute atomic E-state index is 0.152. The quantitative estimate of drug-likeness (QED) is 0.751. The standard InChI is InChI=1S/C21H32N4O4/c1-15-10-12-24(13-11-15)20(28)25(23-19(27)29-21(3,4)5)14-17-6-8-18(9-7-17)22-16(2)26/h6-9,15H,10-14H2,1-5H3,(H,22,26)(H,23,27). The summed E-state index contributed by atoms with van der Waals surface area (Å²) in [6, 6.07) is 6.88. The second-order valence-corrected chi connectivity index (χ2v) is 8.53. The van der Waals surface area contributed by atoms with Crippen LogP contribution in [0.5, 0.6) is 0 Å². The molecule has 0 radical (unpaired) electrons. The predicted octanol–water partition coefficient (Wildman–Crippen LogP) is 3.74. The second kappa shape index (κ2) is 9.62. The number of carbonyl (C=O) groups is 3. The minimum atomic E-state index is -0.675. The third-order valence-electron chi connectivity index (χ3n) is 4.53. The van der Waals surface area contributed by atoms with E-state index in [-0.39, 0.29) is 18.5 Å². The highest BCUT2D eigenvalue weighted by Gasteiger charge is 2.27. The molecule has 4 amide bonds. The van der Waals surface area contributed by atoms with Crippen molar-refractivity contribution in [1.29, 1.82) is 0 Å². The fraction of sp³-hybridized carbons (Fsp3) is 0.571. The maximum Gasteiger partial charge on any atom is 0.426 e. The van der Waals surface area contributed by atoms with E-state index in [0.29, 0.717) is 24.7 Å². The Hall–Kier alpha value is -2.77. The summed E-state index contributed by atoms with van der Waals surface area (Å²) >= 11 is 0. The summed E-state index contributed by atoms with van der Waals surface area (Å²) in [5, 5.41) is 3.99. The Morgan fingerprint density at radius 3 is 2.24 bits per heavy atom. The summed E-state index contributed by atoms with van der Waals surface area (Å²) < 4.78 is 5.31. The lowest BCUT2D eigenvalue weighted by Crippen LogP contribution is -2.54. The molecule has 0 unspecified atom stereocenters. The molecule has 2 rings (SSSR count). The zero-order chi connectivity index (χ0) is 21.6. The smallest absolute Gasteiger partial charge is 0.426 e. The summed E-state index contributed by atoms with van der Waals surface area (Å²) in [4.78, 5) is 38.2. The van der Waals surface area contributed by atoms with Crippen molar-refractivity contribution >= 4 is 23.7 Å². The molecule has 0 atom stereocenters. The number of benzene rings is 1. The molecule has 29 heavy (non-hydrogen) atoms. The summed E-state index contributed by atoms with van der Waals surface area (Å²) in [5.41, 5.74) is 3.41. The van der Waals surface area contributed by atoms with Crippen molar-refractivity contribution in [3.8, 4) is 0 Å². The Labute approximate surface area is 172 Å². The van der Waals surface area contributed by atoms with E-state index >= 15 is 0 Å². The Morgan fingerprint density at radius 2 is 1.72 bits per heavy atom. The number of hydrazine groups is 1. The van der Waals surface area contributed by atoms with E-state index in [9.17, 15) is 14.4 Å². The number of nitrogens with zero attached hydrogens (tertiary/aromatic N) is 2. The van der Waals surface area contributed by atoms with Crippen molar-refractivity contribution in [3.63, 3.8) is 0 Å². The van der Waals surface area contributed by atoms with Crippen LogP contribution in [0.25, 0.3) is 0 Å².